The second-order valence-electron chi connectivity index (χ2n) is 8.07. The summed E-state index contributed by atoms with van der Waals surface area (Å²) in [5, 5.41) is 27.3. The number of nitrogens with one attached hydrogen (secondary N) is 1. The van der Waals surface area contributed by atoms with E-state index in [0.717, 1.165) is 33.0 Å². The Labute approximate surface area is 186 Å². The molecule has 1 saturated heterocycles. The summed E-state index contributed by atoms with van der Waals surface area (Å²) in [5.74, 6) is 0.603. The Bertz CT molecular complexity index is 1450. The van der Waals surface area contributed by atoms with Gasteiger partial charge in [0.2, 0.25) is 0 Å². The van der Waals surface area contributed by atoms with Gasteiger partial charge in [-0.05, 0) is 22.9 Å². The van der Waals surface area contributed by atoms with Crippen LogP contribution in [0.3, 0.4) is 0 Å². The monoisotopic (exact) mass is 470 g/mol. The van der Waals surface area contributed by atoms with Crippen LogP contribution in [0.1, 0.15) is 6.23 Å². The predicted molar refractivity (Wildman–Crippen MR) is 118 cm³/mol. The van der Waals surface area contributed by atoms with Crippen LogP contribution >= 0.6 is 7.82 Å². The number of rotatable bonds is 4. The van der Waals surface area contributed by atoms with Gasteiger partial charge in [-0.2, -0.15) is 0 Å². The number of hydrogen-bond donors (Lipinski definition) is 5. The standard InChI is InChI=1S/C21H19N4O7P/c26-17-15(8-31-33(28,29)30)32-21(18(17)27)25-7-13-12-5-10-3-1-2-4-11(10)6-14(12)24-19-16(13)20(25)23-9-22-19/h1-7,9,15,17-18,21,26-27H,8H2,(H,22,23,24)(H2,28,29,30). The lowest BCUT2D eigenvalue weighted by atomic mass is 9.97. The van der Waals surface area contributed by atoms with Gasteiger partial charge in [0.15, 0.2) is 6.23 Å². The minimum absolute atomic E-state index is 0.481. The van der Waals surface area contributed by atoms with Gasteiger partial charge in [-0.25, -0.2) is 14.5 Å². The van der Waals surface area contributed by atoms with Gasteiger partial charge >= 0.3 is 7.82 Å². The summed E-state index contributed by atoms with van der Waals surface area (Å²) in [6.45, 7) is -0.582. The van der Waals surface area contributed by atoms with Crippen molar-refractivity contribution in [2.24, 2.45) is 0 Å². The molecule has 0 aliphatic carbocycles. The highest BCUT2D eigenvalue weighted by Crippen LogP contribution is 2.46. The van der Waals surface area contributed by atoms with Crippen molar-refractivity contribution in [2.45, 2.75) is 24.5 Å². The molecule has 4 heterocycles. The highest BCUT2D eigenvalue weighted by Gasteiger charge is 2.45. The summed E-state index contributed by atoms with van der Waals surface area (Å²) >= 11 is 0. The molecule has 0 spiro atoms. The first-order valence-electron chi connectivity index (χ1n) is 10.2. The maximum atomic E-state index is 11.0. The summed E-state index contributed by atoms with van der Waals surface area (Å²) in [7, 11) is -4.76. The Morgan fingerprint density at radius 3 is 2.61 bits per heavy atom. The number of nitrogens with zero attached hydrogens (tertiary/aromatic N) is 3. The Balaban J connectivity index is 1.45. The van der Waals surface area contributed by atoms with E-state index in [1.54, 1.807) is 10.8 Å². The van der Waals surface area contributed by atoms with Crippen molar-refractivity contribution < 1.29 is 33.8 Å². The van der Waals surface area contributed by atoms with Crippen LogP contribution in [0.15, 0.2) is 48.9 Å². The van der Waals surface area contributed by atoms with Gasteiger partial charge in [-0.1, -0.05) is 24.3 Å². The first kappa shape index (κ1) is 20.7. The van der Waals surface area contributed by atoms with Crippen LogP contribution in [0.25, 0.3) is 32.9 Å². The Morgan fingerprint density at radius 1 is 1.09 bits per heavy atom. The lowest BCUT2D eigenvalue weighted by molar-refractivity contribution is -0.0501. The summed E-state index contributed by atoms with van der Waals surface area (Å²) in [5.41, 5.74) is 3.11. The van der Waals surface area contributed by atoms with Gasteiger partial charge in [-0.3, -0.25) is 4.52 Å². The van der Waals surface area contributed by atoms with Crippen molar-refractivity contribution in [1.29, 1.82) is 0 Å². The molecule has 2 aliphatic heterocycles. The SMILES string of the molecule is O=P(O)(O)OCC1OC(n2cc3c4c(ncnc42)Nc2cc4ccccc4cc2-3)C(O)C1O. The van der Waals surface area contributed by atoms with Crippen LogP contribution in [0, 0.1) is 0 Å². The van der Waals surface area contributed by atoms with Crippen LogP contribution in [-0.2, 0) is 13.8 Å². The molecule has 4 aromatic rings. The smallest absolute Gasteiger partial charge is 0.387 e. The fraction of sp³-hybridized carbons (Fsp3) is 0.238. The van der Waals surface area contributed by atoms with E-state index >= 15 is 0 Å². The van der Waals surface area contributed by atoms with E-state index in [2.05, 4.69) is 25.9 Å². The number of hydrogen-bond acceptors (Lipinski definition) is 8. The molecule has 12 heteroatoms. The van der Waals surface area contributed by atoms with Crippen molar-refractivity contribution in [1.82, 2.24) is 14.5 Å². The van der Waals surface area contributed by atoms with E-state index in [0.29, 0.717) is 11.5 Å². The molecule has 5 N–H and O–H groups in total. The van der Waals surface area contributed by atoms with Crippen molar-refractivity contribution in [3.05, 3.63) is 48.9 Å². The van der Waals surface area contributed by atoms with Crippen LogP contribution in [-0.4, -0.2) is 59.5 Å². The molecule has 4 unspecified atom stereocenters. The summed E-state index contributed by atoms with van der Waals surface area (Å²) < 4.78 is 22.9. The number of benzene rings is 2. The van der Waals surface area contributed by atoms with Gasteiger partial charge in [0, 0.05) is 23.0 Å². The third kappa shape index (κ3) is 3.33. The molecular formula is C21H19N4O7P. The van der Waals surface area contributed by atoms with Crippen LogP contribution < -0.4 is 5.32 Å². The molecular weight excluding hydrogens is 451 g/mol. The normalized spacial score (nSPS) is 24.2. The third-order valence-electron chi connectivity index (χ3n) is 6.06. The van der Waals surface area contributed by atoms with Crippen molar-refractivity contribution >= 4 is 41.1 Å². The molecule has 1 fully saturated rings. The van der Waals surface area contributed by atoms with Gasteiger partial charge < -0.3 is 34.6 Å². The molecule has 4 atom stereocenters. The van der Waals surface area contributed by atoms with E-state index in [-0.39, 0.29) is 0 Å². The first-order chi connectivity index (χ1) is 15.8. The number of aliphatic hydroxyl groups is 2. The number of phosphoric acid groups is 1. The molecule has 33 heavy (non-hydrogen) atoms. The van der Waals surface area contributed by atoms with Crippen LogP contribution in [0.5, 0.6) is 0 Å². The minimum Gasteiger partial charge on any atom is -0.387 e. The van der Waals surface area contributed by atoms with Gasteiger partial charge in [0.1, 0.15) is 36.1 Å². The Kier molecular flexibility index (Phi) is 4.58. The number of phosphoric ester groups is 1. The molecule has 0 radical (unpaired) electrons. The summed E-state index contributed by atoms with van der Waals surface area (Å²) in [4.78, 5) is 26.7. The van der Waals surface area contributed by atoms with Crippen molar-refractivity contribution in [2.75, 3.05) is 11.9 Å². The molecule has 0 amide bonds. The lowest BCUT2D eigenvalue weighted by Crippen LogP contribution is -2.33. The number of ether oxygens (including phenoxy) is 1. The van der Waals surface area contributed by atoms with Crippen molar-refractivity contribution in [3.8, 4) is 11.1 Å². The zero-order chi connectivity index (χ0) is 22.9. The highest BCUT2D eigenvalue weighted by molar-refractivity contribution is 7.46. The average Bonchev–Trinajstić information content (AvgIpc) is 3.30. The number of anilines is 2. The van der Waals surface area contributed by atoms with Crippen LogP contribution in [0.2, 0.25) is 0 Å². The fourth-order valence-corrected chi connectivity index (χ4v) is 4.88. The third-order valence-corrected chi connectivity index (χ3v) is 6.54. The number of fused-ring (bicyclic) bond motifs is 3. The average molecular weight is 470 g/mol. The predicted octanol–water partition coefficient (Wildman–Crippen LogP) is 2.04. The molecule has 0 bridgehead atoms. The zero-order valence-corrected chi connectivity index (χ0v) is 17.8. The second-order valence-corrected chi connectivity index (χ2v) is 9.31. The maximum absolute atomic E-state index is 11.0. The van der Waals surface area contributed by atoms with Crippen LogP contribution in [0.4, 0.5) is 11.5 Å². The van der Waals surface area contributed by atoms with Gasteiger partial charge in [-0.15, -0.1) is 0 Å². The Morgan fingerprint density at radius 2 is 1.85 bits per heavy atom. The van der Waals surface area contributed by atoms with E-state index in [9.17, 15) is 14.8 Å². The van der Waals surface area contributed by atoms with Gasteiger partial charge in [0.25, 0.3) is 0 Å². The fourth-order valence-electron chi connectivity index (χ4n) is 4.54. The first-order valence-corrected chi connectivity index (χ1v) is 11.7. The minimum atomic E-state index is -4.76. The molecule has 2 aromatic carbocycles. The molecule has 2 aromatic heterocycles. The Hall–Kier alpha value is -2.89. The molecule has 2 aliphatic rings. The zero-order valence-electron chi connectivity index (χ0n) is 16.9. The van der Waals surface area contributed by atoms with E-state index in [1.807, 2.05) is 30.3 Å². The largest absolute Gasteiger partial charge is 0.469 e. The maximum Gasteiger partial charge on any atom is 0.469 e. The van der Waals surface area contributed by atoms with Crippen molar-refractivity contribution in [3.63, 3.8) is 0 Å². The molecule has 11 nitrogen and oxygen atoms in total. The lowest BCUT2D eigenvalue weighted by Gasteiger charge is -2.18. The molecule has 6 rings (SSSR count). The van der Waals surface area contributed by atoms with Gasteiger partial charge in [0.05, 0.1) is 12.0 Å². The second kappa shape index (κ2) is 7.31. The molecule has 0 saturated carbocycles. The quantitative estimate of drug-likeness (QED) is 0.246. The number of aromatic nitrogens is 3. The van der Waals surface area contributed by atoms with E-state index in [4.69, 9.17) is 14.5 Å². The highest BCUT2D eigenvalue weighted by atomic mass is 31.2. The molecule has 170 valence electrons. The number of aliphatic hydroxyl groups excluding tert-OH is 2. The summed E-state index contributed by atoms with van der Waals surface area (Å²) in [6.07, 6.45) is -1.80. The van der Waals surface area contributed by atoms with E-state index < -0.39 is 39.0 Å². The summed E-state index contributed by atoms with van der Waals surface area (Å²) in [6, 6.07) is 12.1. The van der Waals surface area contributed by atoms with E-state index in [1.165, 1.54) is 6.33 Å². The topological polar surface area (TPSA) is 159 Å².